The number of nitrogens with two attached hydrogens (primary N) is 2. The van der Waals surface area contributed by atoms with Crippen LogP contribution in [0.1, 0.15) is 5.56 Å². The summed E-state index contributed by atoms with van der Waals surface area (Å²) in [5, 5.41) is 1.13. The topological polar surface area (TPSA) is 67.8 Å². The van der Waals surface area contributed by atoms with E-state index in [0.717, 1.165) is 27.6 Å². The molecule has 0 aliphatic heterocycles. The van der Waals surface area contributed by atoms with E-state index in [0.29, 0.717) is 10.7 Å². The second-order valence-corrected chi connectivity index (χ2v) is 4.85. The highest BCUT2D eigenvalue weighted by Gasteiger charge is 2.09. The van der Waals surface area contributed by atoms with Crippen LogP contribution < -0.4 is 11.5 Å². The molecule has 19 heavy (non-hydrogen) atoms. The van der Waals surface area contributed by atoms with Gasteiger partial charge in [-0.2, -0.15) is 0 Å². The molecule has 3 nitrogen and oxygen atoms in total. The summed E-state index contributed by atoms with van der Waals surface area (Å²) >= 11 is 5.02. The van der Waals surface area contributed by atoms with E-state index in [1.54, 1.807) is 0 Å². The van der Waals surface area contributed by atoms with Gasteiger partial charge in [0.2, 0.25) is 0 Å². The molecule has 0 saturated carbocycles. The van der Waals surface area contributed by atoms with Crippen molar-refractivity contribution in [2.24, 2.45) is 5.73 Å². The lowest BCUT2D eigenvalue weighted by atomic mass is 9.98. The van der Waals surface area contributed by atoms with E-state index in [2.05, 4.69) is 4.98 Å². The van der Waals surface area contributed by atoms with Gasteiger partial charge in [0, 0.05) is 33.9 Å². The lowest BCUT2D eigenvalue weighted by Gasteiger charge is -2.09. The van der Waals surface area contributed by atoms with Crippen LogP contribution in [0.3, 0.4) is 0 Å². The van der Waals surface area contributed by atoms with Gasteiger partial charge in [0.05, 0.1) is 0 Å². The molecule has 0 atom stereocenters. The summed E-state index contributed by atoms with van der Waals surface area (Å²) in [5.41, 5.74) is 16.4. The molecule has 0 aliphatic rings. The number of hydrogen-bond donors (Lipinski definition) is 3. The molecular formula is C15H13N3S. The van der Waals surface area contributed by atoms with Gasteiger partial charge >= 0.3 is 0 Å². The van der Waals surface area contributed by atoms with Crippen molar-refractivity contribution in [3.05, 3.63) is 54.2 Å². The van der Waals surface area contributed by atoms with Crippen LogP contribution in [0.25, 0.3) is 22.0 Å². The van der Waals surface area contributed by atoms with Gasteiger partial charge in [0.1, 0.15) is 4.99 Å². The molecule has 0 radical (unpaired) electrons. The number of hydrogen-bond acceptors (Lipinski definition) is 2. The van der Waals surface area contributed by atoms with Gasteiger partial charge in [0.15, 0.2) is 0 Å². The van der Waals surface area contributed by atoms with Crippen molar-refractivity contribution in [3.8, 4) is 11.1 Å². The third-order valence-corrected chi connectivity index (χ3v) is 3.46. The summed E-state index contributed by atoms with van der Waals surface area (Å²) in [5.74, 6) is 0. The van der Waals surface area contributed by atoms with Crippen LogP contribution in [0, 0.1) is 0 Å². The van der Waals surface area contributed by atoms with Crippen molar-refractivity contribution in [1.82, 2.24) is 4.98 Å². The first-order chi connectivity index (χ1) is 9.16. The largest absolute Gasteiger partial charge is 0.398 e. The van der Waals surface area contributed by atoms with E-state index < -0.39 is 0 Å². The quantitative estimate of drug-likeness (QED) is 0.494. The number of anilines is 1. The van der Waals surface area contributed by atoms with Crippen LogP contribution >= 0.6 is 12.2 Å². The van der Waals surface area contributed by atoms with Gasteiger partial charge in [-0.3, -0.25) is 0 Å². The fraction of sp³-hybridized carbons (Fsp3) is 0. The summed E-state index contributed by atoms with van der Waals surface area (Å²) in [6.07, 6.45) is 1.92. The molecule has 1 aromatic heterocycles. The molecule has 0 amide bonds. The highest BCUT2D eigenvalue weighted by molar-refractivity contribution is 7.80. The number of fused-ring (bicyclic) bond motifs is 1. The summed E-state index contributed by atoms with van der Waals surface area (Å²) in [6, 6.07) is 13.8. The Bertz CT molecular complexity index is 774. The van der Waals surface area contributed by atoms with E-state index in [9.17, 15) is 0 Å². The van der Waals surface area contributed by atoms with Crippen molar-refractivity contribution >= 4 is 33.8 Å². The van der Waals surface area contributed by atoms with Crippen LogP contribution in [-0.4, -0.2) is 9.97 Å². The van der Waals surface area contributed by atoms with Gasteiger partial charge < -0.3 is 16.5 Å². The molecule has 1 heterocycles. The summed E-state index contributed by atoms with van der Waals surface area (Å²) in [6.45, 7) is 0. The number of H-pyrrole nitrogens is 1. The van der Waals surface area contributed by atoms with Crippen molar-refractivity contribution in [2.45, 2.75) is 0 Å². The van der Waals surface area contributed by atoms with Crippen LogP contribution in [0.2, 0.25) is 0 Å². The Hall–Kier alpha value is -2.33. The zero-order valence-corrected chi connectivity index (χ0v) is 11.0. The van der Waals surface area contributed by atoms with Crippen molar-refractivity contribution in [2.75, 3.05) is 5.73 Å². The van der Waals surface area contributed by atoms with E-state index in [1.165, 1.54) is 0 Å². The molecule has 4 heteroatoms. The first-order valence-corrected chi connectivity index (χ1v) is 6.33. The third-order valence-electron chi connectivity index (χ3n) is 3.22. The van der Waals surface area contributed by atoms with Crippen LogP contribution in [0.4, 0.5) is 5.69 Å². The predicted molar refractivity (Wildman–Crippen MR) is 84.0 cm³/mol. The van der Waals surface area contributed by atoms with Gasteiger partial charge in [-0.15, -0.1) is 0 Å². The minimum Gasteiger partial charge on any atom is -0.398 e. The zero-order chi connectivity index (χ0) is 13.4. The number of nitrogen functional groups attached to an aromatic ring is 1. The molecule has 0 spiro atoms. The zero-order valence-electron chi connectivity index (χ0n) is 10.2. The number of aromatic amines is 1. The highest BCUT2D eigenvalue weighted by Crippen LogP contribution is 2.32. The van der Waals surface area contributed by atoms with Gasteiger partial charge in [0.25, 0.3) is 0 Å². The SMILES string of the molecule is NC(=S)c1ccc(N)c(-c2cccc3[nH]ccc23)c1. The van der Waals surface area contributed by atoms with Gasteiger partial charge in [-0.25, -0.2) is 0 Å². The monoisotopic (exact) mass is 267 g/mol. The number of benzene rings is 2. The smallest absolute Gasteiger partial charge is 0.104 e. The van der Waals surface area contributed by atoms with Gasteiger partial charge in [-0.05, 0) is 35.9 Å². The molecule has 0 unspecified atom stereocenters. The molecule has 0 aliphatic carbocycles. The normalized spacial score (nSPS) is 10.7. The maximum absolute atomic E-state index is 6.09. The number of rotatable bonds is 2. The summed E-state index contributed by atoms with van der Waals surface area (Å²) < 4.78 is 0. The molecule has 0 bridgehead atoms. The first-order valence-electron chi connectivity index (χ1n) is 5.92. The Balaban J connectivity index is 2.29. The van der Waals surface area contributed by atoms with E-state index in [-0.39, 0.29) is 0 Å². The Morgan fingerprint density at radius 1 is 1.05 bits per heavy atom. The average molecular weight is 267 g/mol. The second-order valence-electron chi connectivity index (χ2n) is 4.41. The lowest BCUT2D eigenvalue weighted by molar-refractivity contribution is 1.48. The summed E-state index contributed by atoms with van der Waals surface area (Å²) in [7, 11) is 0. The van der Waals surface area contributed by atoms with Crippen molar-refractivity contribution < 1.29 is 0 Å². The Morgan fingerprint density at radius 3 is 2.68 bits per heavy atom. The Labute approximate surface area is 116 Å². The van der Waals surface area contributed by atoms with Crippen LogP contribution in [0.5, 0.6) is 0 Å². The Morgan fingerprint density at radius 2 is 1.89 bits per heavy atom. The van der Waals surface area contributed by atoms with E-state index >= 15 is 0 Å². The number of nitrogens with one attached hydrogen (secondary N) is 1. The average Bonchev–Trinajstić information content (AvgIpc) is 2.87. The molecule has 94 valence electrons. The molecule has 3 aromatic rings. The fourth-order valence-corrected chi connectivity index (χ4v) is 2.39. The second kappa shape index (κ2) is 4.40. The van der Waals surface area contributed by atoms with Crippen LogP contribution in [-0.2, 0) is 0 Å². The minimum atomic E-state index is 0.377. The first kappa shape index (κ1) is 11.7. The Kier molecular flexibility index (Phi) is 2.72. The third kappa shape index (κ3) is 1.96. The highest BCUT2D eigenvalue weighted by atomic mass is 32.1. The molecule has 2 aromatic carbocycles. The standard InChI is InChI=1S/C15H13N3S/c16-13-5-4-9(15(17)19)8-12(13)10-2-1-3-14-11(10)6-7-18-14/h1-8,18H,16H2,(H2,17,19). The van der Waals surface area contributed by atoms with Crippen molar-refractivity contribution in [1.29, 1.82) is 0 Å². The molecule has 0 saturated heterocycles. The lowest BCUT2D eigenvalue weighted by Crippen LogP contribution is -2.09. The van der Waals surface area contributed by atoms with Crippen LogP contribution in [0.15, 0.2) is 48.7 Å². The van der Waals surface area contributed by atoms with Crippen molar-refractivity contribution in [3.63, 3.8) is 0 Å². The molecular weight excluding hydrogens is 254 g/mol. The number of aromatic nitrogens is 1. The molecule has 0 fully saturated rings. The molecule has 5 N–H and O–H groups in total. The molecule has 3 rings (SSSR count). The predicted octanol–water partition coefficient (Wildman–Crippen LogP) is 3.05. The van der Waals surface area contributed by atoms with Gasteiger partial charge in [-0.1, -0.05) is 24.4 Å². The minimum absolute atomic E-state index is 0.377. The fourth-order valence-electron chi connectivity index (χ4n) is 2.26. The summed E-state index contributed by atoms with van der Waals surface area (Å²) in [4.78, 5) is 3.57. The maximum atomic E-state index is 6.09. The van der Waals surface area contributed by atoms with E-state index in [1.807, 2.05) is 48.7 Å². The maximum Gasteiger partial charge on any atom is 0.104 e. The van der Waals surface area contributed by atoms with E-state index in [4.69, 9.17) is 23.7 Å². The number of thiocarbonyl (C=S) groups is 1.